The van der Waals surface area contributed by atoms with Gasteiger partial charge >= 0.3 is 6.09 Å². The van der Waals surface area contributed by atoms with Crippen molar-refractivity contribution in [1.29, 1.82) is 0 Å². The van der Waals surface area contributed by atoms with E-state index in [9.17, 15) is 4.79 Å². The number of rotatable bonds is 8. The Bertz CT molecular complexity index is 981. The standard InChI is InChI=1S/C18H24N6O3S/c1-10-6-7-11(26-10)14-12-13(19)16(27-17(20)25)28-15(12)23-18(22-14)21-8-4-5-9-24(2)3/h6-7H,4-5,8-9,19H2,1-3H3,(H2,20,25)(H,21,22,23). The van der Waals surface area contributed by atoms with Gasteiger partial charge in [0.2, 0.25) is 11.0 Å². The van der Waals surface area contributed by atoms with E-state index in [4.69, 9.17) is 20.6 Å². The summed E-state index contributed by atoms with van der Waals surface area (Å²) in [5.74, 6) is 1.78. The van der Waals surface area contributed by atoms with Crippen molar-refractivity contribution in [2.75, 3.05) is 38.2 Å². The molecule has 5 N–H and O–H groups in total. The summed E-state index contributed by atoms with van der Waals surface area (Å²) in [7, 11) is 4.10. The molecule has 150 valence electrons. The van der Waals surface area contributed by atoms with Crippen LogP contribution in [0.15, 0.2) is 16.5 Å². The number of aromatic nitrogens is 2. The Hall–Kier alpha value is -2.85. The third-order valence-corrected chi connectivity index (χ3v) is 5.01. The van der Waals surface area contributed by atoms with E-state index in [1.807, 2.05) is 19.1 Å². The smallest absolute Gasteiger partial charge is 0.410 e. The first-order chi connectivity index (χ1) is 13.3. The Kier molecular flexibility index (Phi) is 6.00. The van der Waals surface area contributed by atoms with Crippen LogP contribution in [0.4, 0.5) is 16.4 Å². The van der Waals surface area contributed by atoms with Crippen LogP contribution in [0, 0.1) is 6.92 Å². The molecule has 0 bridgehead atoms. The van der Waals surface area contributed by atoms with Crippen LogP contribution in [0.1, 0.15) is 18.6 Å². The average Bonchev–Trinajstić information content (AvgIpc) is 3.17. The molecular formula is C18H24N6O3S. The predicted molar refractivity (Wildman–Crippen MR) is 111 cm³/mol. The number of hydrogen-bond donors (Lipinski definition) is 3. The lowest BCUT2D eigenvalue weighted by molar-refractivity contribution is 0.212. The second-order valence-corrected chi connectivity index (χ2v) is 7.61. The van der Waals surface area contributed by atoms with Crippen molar-refractivity contribution in [1.82, 2.24) is 14.9 Å². The molecule has 10 heteroatoms. The zero-order chi connectivity index (χ0) is 20.3. The molecule has 0 unspecified atom stereocenters. The van der Waals surface area contributed by atoms with Gasteiger partial charge in [0.15, 0.2) is 5.76 Å². The molecule has 28 heavy (non-hydrogen) atoms. The number of ether oxygens (including phenoxy) is 1. The van der Waals surface area contributed by atoms with Crippen LogP contribution in [-0.2, 0) is 0 Å². The van der Waals surface area contributed by atoms with Crippen LogP contribution in [0.5, 0.6) is 5.06 Å². The van der Waals surface area contributed by atoms with Crippen molar-refractivity contribution < 1.29 is 13.9 Å². The monoisotopic (exact) mass is 404 g/mol. The second-order valence-electron chi connectivity index (χ2n) is 6.65. The molecule has 3 heterocycles. The van der Waals surface area contributed by atoms with E-state index in [1.54, 1.807) is 0 Å². The first kappa shape index (κ1) is 19.9. The van der Waals surface area contributed by atoms with Crippen LogP contribution in [0.25, 0.3) is 21.7 Å². The van der Waals surface area contributed by atoms with E-state index >= 15 is 0 Å². The number of anilines is 2. The minimum absolute atomic E-state index is 0.199. The maximum Gasteiger partial charge on any atom is 0.410 e. The highest BCUT2D eigenvalue weighted by molar-refractivity contribution is 7.21. The molecule has 1 amide bonds. The van der Waals surface area contributed by atoms with Crippen molar-refractivity contribution in [3.8, 4) is 16.5 Å². The van der Waals surface area contributed by atoms with Gasteiger partial charge in [-0.2, -0.15) is 0 Å². The Labute approximate surface area is 166 Å². The van der Waals surface area contributed by atoms with Gasteiger partial charge in [-0.1, -0.05) is 11.3 Å². The number of nitrogens with zero attached hydrogens (tertiary/aromatic N) is 3. The van der Waals surface area contributed by atoms with E-state index in [0.29, 0.717) is 27.6 Å². The lowest BCUT2D eigenvalue weighted by atomic mass is 10.2. The number of nitrogens with two attached hydrogens (primary N) is 2. The minimum Gasteiger partial charge on any atom is -0.460 e. The predicted octanol–water partition coefficient (Wildman–Crippen LogP) is 3.05. The SMILES string of the molecule is Cc1ccc(-c2nc(NCCCCN(C)C)nc3sc(OC(N)=O)c(N)c23)o1. The minimum atomic E-state index is -0.930. The molecule has 0 aliphatic heterocycles. The molecule has 0 spiro atoms. The van der Waals surface area contributed by atoms with Gasteiger partial charge in [0.25, 0.3) is 0 Å². The van der Waals surface area contributed by atoms with Gasteiger partial charge in [0, 0.05) is 6.54 Å². The lowest BCUT2D eigenvalue weighted by Crippen LogP contribution is -2.16. The number of nitrogens with one attached hydrogen (secondary N) is 1. The summed E-state index contributed by atoms with van der Waals surface area (Å²) in [5, 5.41) is 4.02. The van der Waals surface area contributed by atoms with Crippen LogP contribution in [-0.4, -0.2) is 48.1 Å². The third kappa shape index (κ3) is 4.52. The number of furan rings is 1. The number of amides is 1. The molecule has 3 rings (SSSR count). The number of carbonyl (C=O) groups is 1. The summed E-state index contributed by atoms with van der Waals surface area (Å²) < 4.78 is 10.8. The Morgan fingerprint density at radius 3 is 2.75 bits per heavy atom. The van der Waals surface area contributed by atoms with E-state index in [-0.39, 0.29) is 10.8 Å². The number of hydrogen-bond acceptors (Lipinski definition) is 9. The van der Waals surface area contributed by atoms with Gasteiger partial charge < -0.3 is 30.8 Å². The van der Waals surface area contributed by atoms with E-state index in [1.165, 1.54) is 0 Å². The Morgan fingerprint density at radius 2 is 2.11 bits per heavy atom. The third-order valence-electron chi connectivity index (χ3n) is 4.04. The molecule has 0 aromatic carbocycles. The number of primary amides is 1. The van der Waals surface area contributed by atoms with Gasteiger partial charge in [0.05, 0.1) is 11.1 Å². The zero-order valence-electron chi connectivity index (χ0n) is 16.1. The summed E-state index contributed by atoms with van der Waals surface area (Å²) >= 11 is 1.14. The highest BCUT2D eigenvalue weighted by Gasteiger charge is 2.22. The zero-order valence-corrected chi connectivity index (χ0v) is 16.9. The number of carbonyl (C=O) groups excluding carboxylic acids is 1. The number of unbranched alkanes of at least 4 members (excludes halogenated alkanes) is 1. The fourth-order valence-electron chi connectivity index (χ4n) is 2.74. The largest absolute Gasteiger partial charge is 0.460 e. The van der Waals surface area contributed by atoms with E-state index in [0.717, 1.165) is 43.0 Å². The van der Waals surface area contributed by atoms with Crippen molar-refractivity contribution in [2.24, 2.45) is 5.73 Å². The molecule has 0 radical (unpaired) electrons. The average molecular weight is 404 g/mol. The second kappa shape index (κ2) is 8.44. The number of fused-ring (bicyclic) bond motifs is 1. The quantitative estimate of drug-likeness (QED) is 0.488. The van der Waals surface area contributed by atoms with Crippen LogP contribution in [0.3, 0.4) is 0 Å². The summed E-state index contributed by atoms with van der Waals surface area (Å²) in [6.07, 6.45) is 1.12. The van der Waals surface area contributed by atoms with Crippen molar-refractivity contribution in [3.05, 3.63) is 17.9 Å². The van der Waals surface area contributed by atoms with E-state index < -0.39 is 6.09 Å². The molecule has 0 saturated carbocycles. The molecule has 0 aliphatic rings. The topological polar surface area (TPSA) is 133 Å². The molecule has 9 nitrogen and oxygen atoms in total. The van der Waals surface area contributed by atoms with Crippen LogP contribution >= 0.6 is 11.3 Å². The number of nitrogen functional groups attached to an aromatic ring is 1. The summed E-state index contributed by atoms with van der Waals surface area (Å²) in [6, 6.07) is 3.67. The fourth-order valence-corrected chi connectivity index (χ4v) is 3.69. The Balaban J connectivity index is 1.94. The fraction of sp³-hybridized carbons (Fsp3) is 0.389. The maximum atomic E-state index is 11.2. The molecular weight excluding hydrogens is 380 g/mol. The molecule has 0 atom stereocenters. The van der Waals surface area contributed by atoms with Crippen molar-refractivity contribution in [2.45, 2.75) is 19.8 Å². The van der Waals surface area contributed by atoms with E-state index in [2.05, 4.69) is 34.3 Å². The summed E-state index contributed by atoms with van der Waals surface area (Å²) in [4.78, 5) is 23.0. The lowest BCUT2D eigenvalue weighted by Gasteiger charge is -2.10. The van der Waals surface area contributed by atoms with Gasteiger partial charge in [-0.25, -0.2) is 14.8 Å². The van der Waals surface area contributed by atoms with Crippen molar-refractivity contribution in [3.63, 3.8) is 0 Å². The van der Waals surface area contributed by atoms with Gasteiger partial charge in [0.1, 0.15) is 16.3 Å². The highest BCUT2D eigenvalue weighted by atomic mass is 32.1. The number of aryl methyl sites for hydroxylation is 1. The van der Waals surface area contributed by atoms with Gasteiger partial charge in [-0.15, -0.1) is 0 Å². The Morgan fingerprint density at radius 1 is 1.32 bits per heavy atom. The highest BCUT2D eigenvalue weighted by Crippen LogP contribution is 2.43. The van der Waals surface area contributed by atoms with Crippen LogP contribution in [0.2, 0.25) is 0 Å². The van der Waals surface area contributed by atoms with Crippen molar-refractivity contribution >= 4 is 39.3 Å². The molecule has 0 saturated heterocycles. The first-order valence-corrected chi connectivity index (χ1v) is 9.69. The molecule has 0 aliphatic carbocycles. The molecule has 3 aromatic heterocycles. The van der Waals surface area contributed by atoms with Gasteiger partial charge in [-0.3, -0.25) is 0 Å². The molecule has 3 aromatic rings. The molecule has 0 fully saturated rings. The maximum absolute atomic E-state index is 11.2. The summed E-state index contributed by atoms with van der Waals surface area (Å²) in [5.41, 5.74) is 12.1. The first-order valence-electron chi connectivity index (χ1n) is 8.88. The summed E-state index contributed by atoms with van der Waals surface area (Å²) in [6.45, 7) is 3.61. The van der Waals surface area contributed by atoms with Crippen LogP contribution < -0.4 is 21.5 Å². The number of thiophene rings is 1. The normalized spacial score (nSPS) is 11.3. The van der Waals surface area contributed by atoms with Gasteiger partial charge in [-0.05, 0) is 52.5 Å².